The van der Waals surface area contributed by atoms with E-state index in [-0.39, 0.29) is 11.9 Å². The molecule has 0 saturated carbocycles. The first-order valence-corrected chi connectivity index (χ1v) is 8.94. The van der Waals surface area contributed by atoms with Crippen LogP contribution in [0.3, 0.4) is 0 Å². The van der Waals surface area contributed by atoms with Gasteiger partial charge in [0.05, 0.1) is 12.1 Å². The fourth-order valence-corrected chi connectivity index (χ4v) is 4.03. The highest BCUT2D eigenvalue weighted by atomic mass is 35.5. The van der Waals surface area contributed by atoms with Gasteiger partial charge >= 0.3 is 0 Å². The largest absolute Gasteiger partial charge is 0.390 e. The third kappa shape index (κ3) is 4.00. The van der Waals surface area contributed by atoms with E-state index >= 15 is 0 Å². The summed E-state index contributed by atoms with van der Waals surface area (Å²) in [4.78, 5) is 16.5. The van der Waals surface area contributed by atoms with Crippen LogP contribution in [-0.2, 0) is 11.2 Å². The van der Waals surface area contributed by atoms with Crippen molar-refractivity contribution in [3.63, 3.8) is 0 Å². The number of hydrogen-bond acceptors (Lipinski definition) is 3. The molecule has 3 rings (SSSR count). The molecule has 2 heterocycles. The van der Waals surface area contributed by atoms with Crippen molar-refractivity contribution in [3.8, 4) is 0 Å². The molecule has 1 aromatic carbocycles. The zero-order valence-electron chi connectivity index (χ0n) is 13.0. The van der Waals surface area contributed by atoms with Crippen molar-refractivity contribution in [2.75, 3.05) is 26.2 Å². The Bertz CT molecular complexity index is 576. The number of amides is 1. The SMILES string of the molecule is O=C(CCc1ccc(Cl)cc1Cl)N1C[C@@H](N2CCCC2)[C@@H](O)C1. The summed E-state index contributed by atoms with van der Waals surface area (Å²) >= 11 is 12.0. The number of aliphatic hydroxyl groups is 1. The molecule has 23 heavy (non-hydrogen) atoms. The minimum atomic E-state index is -0.434. The van der Waals surface area contributed by atoms with Gasteiger partial charge in [0.2, 0.25) is 5.91 Å². The lowest BCUT2D eigenvalue weighted by Gasteiger charge is -2.25. The maximum atomic E-state index is 12.4. The summed E-state index contributed by atoms with van der Waals surface area (Å²) in [6.07, 6.45) is 2.94. The Morgan fingerprint density at radius 3 is 2.65 bits per heavy atom. The van der Waals surface area contributed by atoms with Crippen LogP contribution in [0.4, 0.5) is 0 Å². The predicted octanol–water partition coefficient (Wildman–Crippen LogP) is 2.59. The highest BCUT2D eigenvalue weighted by Crippen LogP contribution is 2.24. The topological polar surface area (TPSA) is 43.8 Å². The molecule has 6 heteroatoms. The van der Waals surface area contributed by atoms with Crippen LogP contribution in [0, 0.1) is 0 Å². The lowest BCUT2D eigenvalue weighted by atomic mass is 10.1. The summed E-state index contributed by atoms with van der Waals surface area (Å²) in [5, 5.41) is 11.5. The molecule has 0 radical (unpaired) electrons. The van der Waals surface area contributed by atoms with Gasteiger partial charge in [-0.2, -0.15) is 0 Å². The van der Waals surface area contributed by atoms with Gasteiger partial charge in [0.25, 0.3) is 0 Å². The molecule has 0 aliphatic carbocycles. The Morgan fingerprint density at radius 2 is 1.96 bits per heavy atom. The number of carbonyl (C=O) groups is 1. The first-order chi connectivity index (χ1) is 11.0. The molecular formula is C17H22Cl2N2O2. The molecule has 0 unspecified atom stereocenters. The molecule has 2 aliphatic rings. The van der Waals surface area contributed by atoms with Gasteiger partial charge in [-0.25, -0.2) is 0 Å². The fraction of sp³-hybridized carbons (Fsp3) is 0.588. The number of aryl methyl sites for hydroxylation is 1. The Hall–Kier alpha value is -0.810. The van der Waals surface area contributed by atoms with Crippen molar-refractivity contribution in [3.05, 3.63) is 33.8 Å². The van der Waals surface area contributed by atoms with Gasteiger partial charge in [0.1, 0.15) is 0 Å². The maximum absolute atomic E-state index is 12.4. The molecule has 1 aromatic rings. The summed E-state index contributed by atoms with van der Waals surface area (Å²) in [6.45, 7) is 3.14. The van der Waals surface area contributed by atoms with E-state index in [9.17, 15) is 9.90 Å². The second-order valence-corrected chi connectivity index (χ2v) is 7.26. The quantitative estimate of drug-likeness (QED) is 0.901. The van der Waals surface area contributed by atoms with Crippen LogP contribution in [-0.4, -0.2) is 59.1 Å². The van der Waals surface area contributed by atoms with Gasteiger partial charge in [-0.05, 0) is 50.0 Å². The number of aliphatic hydroxyl groups excluding tert-OH is 1. The monoisotopic (exact) mass is 356 g/mol. The van der Waals surface area contributed by atoms with Gasteiger partial charge in [-0.1, -0.05) is 29.3 Å². The molecule has 0 bridgehead atoms. The Morgan fingerprint density at radius 1 is 1.22 bits per heavy atom. The van der Waals surface area contributed by atoms with Crippen LogP contribution >= 0.6 is 23.2 Å². The van der Waals surface area contributed by atoms with Crippen LogP contribution in [0.2, 0.25) is 10.0 Å². The minimum Gasteiger partial charge on any atom is -0.390 e. The number of carbonyl (C=O) groups excluding carboxylic acids is 1. The average Bonchev–Trinajstić information content (AvgIpc) is 3.15. The summed E-state index contributed by atoms with van der Waals surface area (Å²) < 4.78 is 0. The Balaban J connectivity index is 1.54. The van der Waals surface area contributed by atoms with Crippen LogP contribution in [0.5, 0.6) is 0 Å². The molecule has 2 fully saturated rings. The van der Waals surface area contributed by atoms with E-state index in [1.54, 1.807) is 17.0 Å². The van der Waals surface area contributed by atoms with Crippen LogP contribution in [0.15, 0.2) is 18.2 Å². The van der Waals surface area contributed by atoms with E-state index in [4.69, 9.17) is 23.2 Å². The third-order valence-electron chi connectivity index (χ3n) is 4.84. The summed E-state index contributed by atoms with van der Waals surface area (Å²) in [7, 11) is 0. The van der Waals surface area contributed by atoms with Gasteiger partial charge in [0, 0.05) is 29.6 Å². The molecule has 0 aromatic heterocycles. The van der Waals surface area contributed by atoms with Crippen molar-refractivity contribution in [2.45, 2.75) is 37.8 Å². The van der Waals surface area contributed by atoms with Crippen LogP contribution in [0.1, 0.15) is 24.8 Å². The standard InChI is InChI=1S/C17H22Cl2N2O2/c18-13-5-3-12(14(19)9-13)4-6-17(23)21-10-15(16(22)11-21)20-7-1-2-8-20/h3,5,9,15-16,22H,1-2,4,6-8,10-11H2/t15-,16+/m1/s1. The first kappa shape index (κ1) is 17.0. The van der Waals surface area contributed by atoms with E-state index < -0.39 is 6.10 Å². The van der Waals surface area contributed by atoms with Gasteiger partial charge < -0.3 is 10.0 Å². The number of hydrogen-bond donors (Lipinski definition) is 1. The maximum Gasteiger partial charge on any atom is 0.223 e. The fourth-order valence-electron chi connectivity index (χ4n) is 3.53. The van der Waals surface area contributed by atoms with E-state index in [1.165, 1.54) is 12.8 Å². The molecule has 2 aliphatic heterocycles. The molecule has 2 atom stereocenters. The molecule has 126 valence electrons. The molecule has 2 saturated heterocycles. The summed E-state index contributed by atoms with van der Waals surface area (Å²) in [6, 6.07) is 5.45. The van der Waals surface area contributed by atoms with Crippen molar-refractivity contribution >= 4 is 29.1 Å². The number of rotatable bonds is 4. The van der Waals surface area contributed by atoms with Crippen LogP contribution < -0.4 is 0 Å². The van der Waals surface area contributed by atoms with Gasteiger partial charge in [-0.3, -0.25) is 9.69 Å². The van der Waals surface area contributed by atoms with Crippen molar-refractivity contribution < 1.29 is 9.90 Å². The minimum absolute atomic E-state index is 0.0803. The first-order valence-electron chi connectivity index (χ1n) is 8.18. The molecule has 1 amide bonds. The number of likely N-dealkylation sites (tertiary alicyclic amines) is 2. The molecule has 0 spiro atoms. The summed E-state index contributed by atoms with van der Waals surface area (Å²) in [5.41, 5.74) is 0.931. The second-order valence-electron chi connectivity index (χ2n) is 6.41. The zero-order chi connectivity index (χ0) is 16.4. The van der Waals surface area contributed by atoms with E-state index in [2.05, 4.69) is 4.90 Å². The predicted molar refractivity (Wildman–Crippen MR) is 92.0 cm³/mol. The lowest BCUT2D eigenvalue weighted by Crippen LogP contribution is -2.41. The highest BCUT2D eigenvalue weighted by Gasteiger charge is 2.38. The van der Waals surface area contributed by atoms with E-state index in [1.807, 2.05) is 6.07 Å². The van der Waals surface area contributed by atoms with Crippen molar-refractivity contribution in [1.29, 1.82) is 0 Å². The third-order valence-corrected chi connectivity index (χ3v) is 5.43. The number of β-amino-alcohol motifs (C(OH)–C–C–N with tert-alkyl or cyclic N) is 1. The Kier molecular flexibility index (Phi) is 5.47. The molecule has 4 nitrogen and oxygen atoms in total. The zero-order valence-corrected chi connectivity index (χ0v) is 14.6. The average molecular weight is 357 g/mol. The smallest absolute Gasteiger partial charge is 0.223 e. The lowest BCUT2D eigenvalue weighted by molar-refractivity contribution is -0.130. The number of benzene rings is 1. The van der Waals surface area contributed by atoms with Gasteiger partial charge in [0.15, 0.2) is 0 Å². The molecular weight excluding hydrogens is 335 g/mol. The number of nitrogens with zero attached hydrogens (tertiary/aromatic N) is 2. The van der Waals surface area contributed by atoms with Crippen molar-refractivity contribution in [1.82, 2.24) is 9.80 Å². The summed E-state index contributed by atoms with van der Waals surface area (Å²) in [5.74, 6) is 0.0803. The number of halogens is 2. The highest BCUT2D eigenvalue weighted by molar-refractivity contribution is 6.35. The van der Waals surface area contributed by atoms with Gasteiger partial charge in [-0.15, -0.1) is 0 Å². The van der Waals surface area contributed by atoms with E-state index in [0.717, 1.165) is 18.7 Å². The second kappa shape index (κ2) is 7.39. The Labute approximate surface area is 147 Å². The van der Waals surface area contributed by atoms with Crippen molar-refractivity contribution in [2.24, 2.45) is 0 Å². The normalized spacial score (nSPS) is 25.3. The molecule has 1 N–H and O–H groups in total. The van der Waals surface area contributed by atoms with E-state index in [0.29, 0.717) is 36.0 Å². The van der Waals surface area contributed by atoms with Crippen LogP contribution in [0.25, 0.3) is 0 Å².